The predicted octanol–water partition coefficient (Wildman–Crippen LogP) is 3.98. The molecule has 0 saturated heterocycles. The second kappa shape index (κ2) is 6.68. The average molecular weight is 313 g/mol. The molecule has 0 radical (unpaired) electrons. The Hall–Kier alpha value is -0.940. The van der Waals surface area contributed by atoms with Crippen LogP contribution < -0.4 is 5.73 Å². The quantitative estimate of drug-likeness (QED) is 0.905. The summed E-state index contributed by atoms with van der Waals surface area (Å²) in [6.45, 7) is 2.95. The Morgan fingerprint density at radius 3 is 2.65 bits per heavy atom. The molecule has 0 amide bonds. The first kappa shape index (κ1) is 15.4. The van der Waals surface area contributed by atoms with Gasteiger partial charge in [-0.3, -0.25) is 4.90 Å². The van der Waals surface area contributed by atoms with Crippen LogP contribution in [0.15, 0.2) is 30.3 Å². The van der Waals surface area contributed by atoms with Gasteiger partial charge in [-0.1, -0.05) is 23.7 Å². The van der Waals surface area contributed by atoms with Crippen molar-refractivity contribution in [2.24, 2.45) is 5.73 Å². The van der Waals surface area contributed by atoms with E-state index >= 15 is 0 Å². The fourth-order valence-corrected chi connectivity index (χ4v) is 3.33. The highest BCUT2D eigenvalue weighted by Crippen LogP contribution is 2.26. The minimum atomic E-state index is -0.187. The Bertz CT molecular complexity index is 585. The molecule has 20 heavy (non-hydrogen) atoms. The first-order valence-electron chi connectivity index (χ1n) is 6.42. The number of halogens is 2. The number of hydrogen-bond donors (Lipinski definition) is 1. The Kier molecular flexibility index (Phi) is 5.16. The standard InChI is InChI=1S/C15H18ClFN2S/c1-10-3-4-11(7-13(10)17)14(8-18)19(2)9-12-5-6-15(16)20-12/h3-7,14H,8-9,18H2,1-2H3. The summed E-state index contributed by atoms with van der Waals surface area (Å²) in [4.78, 5) is 3.29. The lowest BCUT2D eigenvalue weighted by Gasteiger charge is -2.27. The third kappa shape index (κ3) is 3.58. The lowest BCUT2D eigenvalue weighted by molar-refractivity contribution is 0.243. The van der Waals surface area contributed by atoms with Crippen LogP contribution in [0.3, 0.4) is 0 Å². The number of thiophene rings is 1. The first-order valence-corrected chi connectivity index (χ1v) is 7.61. The maximum absolute atomic E-state index is 13.7. The highest BCUT2D eigenvalue weighted by Gasteiger charge is 2.17. The van der Waals surface area contributed by atoms with Crippen molar-refractivity contribution in [3.05, 3.63) is 56.5 Å². The van der Waals surface area contributed by atoms with Gasteiger partial charge in [0.25, 0.3) is 0 Å². The molecule has 0 fully saturated rings. The van der Waals surface area contributed by atoms with E-state index in [0.717, 1.165) is 16.4 Å². The van der Waals surface area contributed by atoms with Crippen molar-refractivity contribution in [1.29, 1.82) is 0 Å². The zero-order valence-electron chi connectivity index (χ0n) is 11.6. The molecule has 1 aromatic carbocycles. The molecular weight excluding hydrogens is 295 g/mol. The van der Waals surface area contributed by atoms with Crippen LogP contribution in [0.25, 0.3) is 0 Å². The number of nitrogens with zero attached hydrogens (tertiary/aromatic N) is 1. The van der Waals surface area contributed by atoms with Crippen molar-refractivity contribution in [2.75, 3.05) is 13.6 Å². The van der Waals surface area contributed by atoms with Crippen LogP contribution in [0.4, 0.5) is 4.39 Å². The molecular formula is C15H18ClFN2S. The smallest absolute Gasteiger partial charge is 0.126 e. The van der Waals surface area contributed by atoms with Gasteiger partial charge in [0.15, 0.2) is 0 Å². The molecule has 1 aromatic heterocycles. The molecule has 1 unspecified atom stereocenters. The summed E-state index contributed by atoms with van der Waals surface area (Å²) < 4.78 is 14.5. The fourth-order valence-electron chi connectivity index (χ4n) is 2.18. The van der Waals surface area contributed by atoms with Gasteiger partial charge in [0, 0.05) is 24.0 Å². The number of nitrogens with two attached hydrogens (primary N) is 1. The van der Waals surface area contributed by atoms with Crippen molar-refractivity contribution in [3.63, 3.8) is 0 Å². The molecule has 5 heteroatoms. The number of benzene rings is 1. The van der Waals surface area contributed by atoms with E-state index < -0.39 is 0 Å². The van der Waals surface area contributed by atoms with Gasteiger partial charge in [-0.05, 0) is 43.3 Å². The predicted molar refractivity (Wildman–Crippen MR) is 83.7 cm³/mol. The summed E-state index contributed by atoms with van der Waals surface area (Å²) in [5, 5.41) is 0. The zero-order valence-corrected chi connectivity index (χ0v) is 13.1. The van der Waals surface area contributed by atoms with E-state index in [9.17, 15) is 4.39 Å². The van der Waals surface area contributed by atoms with Gasteiger partial charge < -0.3 is 5.73 Å². The Morgan fingerprint density at radius 2 is 2.10 bits per heavy atom. The molecule has 2 N–H and O–H groups in total. The van der Waals surface area contributed by atoms with Gasteiger partial charge in [0.1, 0.15) is 5.82 Å². The van der Waals surface area contributed by atoms with Crippen LogP contribution in [0.2, 0.25) is 4.34 Å². The zero-order chi connectivity index (χ0) is 14.7. The second-order valence-electron chi connectivity index (χ2n) is 4.88. The van der Waals surface area contributed by atoms with Gasteiger partial charge in [-0.15, -0.1) is 11.3 Å². The van der Waals surface area contributed by atoms with Gasteiger partial charge in [-0.2, -0.15) is 0 Å². The van der Waals surface area contributed by atoms with Crippen LogP contribution in [0, 0.1) is 12.7 Å². The highest BCUT2D eigenvalue weighted by molar-refractivity contribution is 7.16. The maximum Gasteiger partial charge on any atom is 0.126 e. The van der Waals surface area contributed by atoms with Crippen molar-refractivity contribution < 1.29 is 4.39 Å². The van der Waals surface area contributed by atoms with Crippen LogP contribution >= 0.6 is 22.9 Å². The fraction of sp³-hybridized carbons (Fsp3) is 0.333. The average Bonchev–Trinajstić information content (AvgIpc) is 2.80. The van der Waals surface area contributed by atoms with E-state index in [4.69, 9.17) is 17.3 Å². The summed E-state index contributed by atoms with van der Waals surface area (Å²) in [6, 6.07) is 9.19. The minimum absolute atomic E-state index is 0.00836. The van der Waals surface area contributed by atoms with Crippen LogP contribution in [-0.2, 0) is 6.54 Å². The van der Waals surface area contributed by atoms with Crippen molar-refractivity contribution in [3.8, 4) is 0 Å². The molecule has 2 rings (SSSR count). The number of hydrogen-bond acceptors (Lipinski definition) is 3. The topological polar surface area (TPSA) is 29.3 Å². The SMILES string of the molecule is Cc1ccc(C(CN)N(C)Cc2ccc(Cl)s2)cc1F. The summed E-state index contributed by atoms with van der Waals surface area (Å²) in [5.74, 6) is -0.187. The number of aryl methyl sites for hydroxylation is 1. The lowest BCUT2D eigenvalue weighted by Crippen LogP contribution is -2.30. The van der Waals surface area contributed by atoms with E-state index in [1.807, 2.05) is 25.2 Å². The number of likely N-dealkylation sites (N-methyl/N-ethyl adjacent to an activating group) is 1. The first-order chi connectivity index (χ1) is 9.51. The third-order valence-electron chi connectivity index (χ3n) is 3.37. The van der Waals surface area contributed by atoms with Gasteiger partial charge in [-0.25, -0.2) is 4.39 Å². The molecule has 2 nitrogen and oxygen atoms in total. The van der Waals surface area contributed by atoms with E-state index in [1.165, 1.54) is 4.88 Å². The van der Waals surface area contributed by atoms with Crippen LogP contribution in [0.1, 0.15) is 22.0 Å². The monoisotopic (exact) mass is 312 g/mol. The Labute approximate surface area is 128 Å². The molecule has 0 spiro atoms. The van der Waals surface area contributed by atoms with Crippen molar-refractivity contribution in [1.82, 2.24) is 4.90 Å². The number of rotatable bonds is 5. The molecule has 0 aliphatic rings. The molecule has 0 bridgehead atoms. The minimum Gasteiger partial charge on any atom is -0.329 e. The molecule has 0 aliphatic heterocycles. The maximum atomic E-state index is 13.7. The Balaban J connectivity index is 2.16. The van der Waals surface area contributed by atoms with Crippen molar-refractivity contribution >= 4 is 22.9 Å². The van der Waals surface area contributed by atoms with E-state index in [-0.39, 0.29) is 11.9 Å². The van der Waals surface area contributed by atoms with E-state index in [1.54, 1.807) is 30.4 Å². The largest absolute Gasteiger partial charge is 0.329 e. The molecule has 0 aliphatic carbocycles. The summed E-state index contributed by atoms with van der Waals surface area (Å²) in [7, 11) is 1.99. The molecule has 0 saturated carbocycles. The third-order valence-corrected chi connectivity index (χ3v) is 4.59. The van der Waals surface area contributed by atoms with Crippen molar-refractivity contribution in [2.45, 2.75) is 19.5 Å². The van der Waals surface area contributed by atoms with Crippen LogP contribution in [-0.4, -0.2) is 18.5 Å². The highest BCUT2D eigenvalue weighted by atomic mass is 35.5. The van der Waals surface area contributed by atoms with E-state index in [2.05, 4.69) is 4.90 Å². The van der Waals surface area contributed by atoms with Gasteiger partial charge >= 0.3 is 0 Å². The second-order valence-corrected chi connectivity index (χ2v) is 6.68. The lowest BCUT2D eigenvalue weighted by atomic mass is 10.0. The molecule has 108 valence electrons. The Morgan fingerprint density at radius 1 is 1.35 bits per heavy atom. The molecule has 1 heterocycles. The van der Waals surface area contributed by atoms with Gasteiger partial charge in [0.05, 0.1) is 4.34 Å². The van der Waals surface area contributed by atoms with E-state index in [0.29, 0.717) is 12.1 Å². The normalized spacial score (nSPS) is 12.9. The summed E-state index contributed by atoms with van der Waals surface area (Å²) in [5.41, 5.74) is 7.42. The summed E-state index contributed by atoms with van der Waals surface area (Å²) >= 11 is 7.49. The van der Waals surface area contributed by atoms with Gasteiger partial charge in [0.2, 0.25) is 0 Å². The van der Waals surface area contributed by atoms with Crippen LogP contribution in [0.5, 0.6) is 0 Å². The molecule has 1 atom stereocenters. The molecule has 2 aromatic rings. The summed E-state index contributed by atoms with van der Waals surface area (Å²) in [6.07, 6.45) is 0.